The highest BCUT2D eigenvalue weighted by Gasteiger charge is 2.32. The third-order valence-corrected chi connectivity index (χ3v) is 8.50. The van der Waals surface area contributed by atoms with Crippen molar-refractivity contribution in [3.8, 4) is 0 Å². The Morgan fingerprint density at radius 3 is 2.61 bits per heavy atom. The molecule has 1 atom stereocenters. The van der Waals surface area contributed by atoms with Crippen LogP contribution in [0.2, 0.25) is 5.02 Å². The van der Waals surface area contributed by atoms with Crippen LogP contribution in [0.1, 0.15) is 44.7 Å². The summed E-state index contributed by atoms with van der Waals surface area (Å²) >= 11 is 6.22. The Kier molecular flexibility index (Phi) is 6.74. The molecule has 1 aliphatic rings. The molecule has 0 bridgehead atoms. The number of sulfonamides is 1. The van der Waals surface area contributed by atoms with Crippen molar-refractivity contribution in [2.75, 3.05) is 18.4 Å². The lowest BCUT2D eigenvalue weighted by Gasteiger charge is -2.30. The Morgan fingerprint density at radius 2 is 1.94 bits per heavy atom. The van der Waals surface area contributed by atoms with Crippen molar-refractivity contribution in [2.45, 2.75) is 51.0 Å². The van der Waals surface area contributed by atoms with Gasteiger partial charge in [0.15, 0.2) is 0 Å². The van der Waals surface area contributed by atoms with Gasteiger partial charge in [0, 0.05) is 19.0 Å². The summed E-state index contributed by atoms with van der Waals surface area (Å²) in [5.74, 6) is -0.410. The van der Waals surface area contributed by atoms with Crippen molar-refractivity contribution >= 4 is 44.3 Å². The number of aromatic nitrogens is 3. The predicted octanol–water partition coefficient (Wildman–Crippen LogP) is 4.40. The van der Waals surface area contributed by atoms with Crippen LogP contribution in [0, 0.1) is 12.8 Å². The summed E-state index contributed by atoms with van der Waals surface area (Å²) in [6, 6.07) is 10.6. The molecule has 1 amide bonds. The van der Waals surface area contributed by atoms with Crippen LogP contribution in [0.4, 0.5) is 5.69 Å². The molecule has 0 saturated carbocycles. The van der Waals surface area contributed by atoms with Crippen LogP contribution in [0.15, 0.2) is 41.3 Å². The summed E-state index contributed by atoms with van der Waals surface area (Å²) in [6.45, 7) is 6.60. The van der Waals surface area contributed by atoms with E-state index in [0.717, 1.165) is 17.5 Å². The number of benzene rings is 2. The SMILES string of the molecule is CCC(C)n1nnc2cc(S(=O)(=O)N3CCC(C(=O)Nc4ccc(C)cc4Cl)CC3)ccc21. The fourth-order valence-electron chi connectivity index (χ4n) is 4.04. The maximum atomic E-state index is 13.2. The van der Waals surface area contributed by atoms with Crippen molar-refractivity contribution in [2.24, 2.45) is 5.92 Å². The molecule has 1 fully saturated rings. The number of hydrogen-bond acceptors (Lipinski definition) is 5. The normalized spacial score (nSPS) is 16.7. The Balaban J connectivity index is 1.44. The molecular formula is C23H28ClN5O3S. The molecule has 8 nitrogen and oxygen atoms in total. The number of fused-ring (bicyclic) bond motifs is 1. The predicted molar refractivity (Wildman–Crippen MR) is 129 cm³/mol. The summed E-state index contributed by atoms with van der Waals surface area (Å²) in [7, 11) is -3.69. The number of rotatable bonds is 6. The zero-order valence-electron chi connectivity index (χ0n) is 19.0. The highest BCUT2D eigenvalue weighted by molar-refractivity contribution is 7.89. The largest absolute Gasteiger partial charge is 0.325 e. The summed E-state index contributed by atoms with van der Waals surface area (Å²) in [5.41, 5.74) is 2.95. The quantitative estimate of drug-likeness (QED) is 0.553. The van der Waals surface area contributed by atoms with E-state index in [-0.39, 0.29) is 35.9 Å². The first-order valence-corrected chi connectivity index (χ1v) is 12.9. The number of anilines is 1. The molecule has 4 rings (SSSR count). The number of piperidine rings is 1. The molecule has 1 aromatic heterocycles. The lowest BCUT2D eigenvalue weighted by atomic mass is 9.97. The minimum Gasteiger partial charge on any atom is -0.325 e. The van der Waals surface area contributed by atoms with Crippen LogP contribution in [0.3, 0.4) is 0 Å². The van der Waals surface area contributed by atoms with E-state index in [4.69, 9.17) is 11.6 Å². The molecule has 1 N–H and O–H groups in total. The first-order valence-electron chi connectivity index (χ1n) is 11.1. The maximum absolute atomic E-state index is 13.2. The molecule has 0 aliphatic carbocycles. The molecular weight excluding hydrogens is 462 g/mol. The van der Waals surface area contributed by atoms with E-state index in [1.807, 2.05) is 24.6 Å². The van der Waals surface area contributed by atoms with Crippen molar-refractivity contribution in [3.63, 3.8) is 0 Å². The van der Waals surface area contributed by atoms with Gasteiger partial charge in [-0.1, -0.05) is 29.8 Å². The summed E-state index contributed by atoms with van der Waals surface area (Å²) < 4.78 is 29.7. The van der Waals surface area contributed by atoms with E-state index in [2.05, 4.69) is 22.6 Å². The average molecular weight is 490 g/mol. The second-order valence-electron chi connectivity index (χ2n) is 8.59. The van der Waals surface area contributed by atoms with Gasteiger partial charge in [0.2, 0.25) is 15.9 Å². The lowest BCUT2D eigenvalue weighted by molar-refractivity contribution is -0.120. The molecule has 0 spiro atoms. The second-order valence-corrected chi connectivity index (χ2v) is 10.9. The van der Waals surface area contributed by atoms with Crippen molar-refractivity contribution in [1.82, 2.24) is 19.3 Å². The van der Waals surface area contributed by atoms with E-state index in [1.54, 1.807) is 30.3 Å². The monoisotopic (exact) mass is 489 g/mol. The summed E-state index contributed by atoms with van der Waals surface area (Å²) in [4.78, 5) is 12.9. The van der Waals surface area contributed by atoms with E-state index in [9.17, 15) is 13.2 Å². The van der Waals surface area contributed by atoms with Gasteiger partial charge < -0.3 is 5.32 Å². The number of amides is 1. The Labute approximate surface area is 199 Å². The first kappa shape index (κ1) is 23.7. The van der Waals surface area contributed by atoms with E-state index in [1.165, 1.54) is 4.31 Å². The van der Waals surface area contributed by atoms with Crippen LogP contribution >= 0.6 is 11.6 Å². The zero-order chi connectivity index (χ0) is 23.8. The zero-order valence-corrected chi connectivity index (χ0v) is 20.5. The Bertz CT molecular complexity index is 1280. The van der Waals surface area contributed by atoms with Crippen LogP contribution in [-0.4, -0.2) is 46.7 Å². The number of aryl methyl sites for hydroxylation is 1. The van der Waals surface area contributed by atoms with Gasteiger partial charge in [0.05, 0.1) is 27.2 Å². The molecule has 176 valence electrons. The van der Waals surface area contributed by atoms with Crippen LogP contribution in [0.25, 0.3) is 11.0 Å². The van der Waals surface area contributed by atoms with Gasteiger partial charge in [0.25, 0.3) is 0 Å². The molecule has 3 aromatic rings. The van der Waals surface area contributed by atoms with Gasteiger partial charge >= 0.3 is 0 Å². The third kappa shape index (κ3) is 4.76. The van der Waals surface area contributed by atoms with Crippen LogP contribution in [-0.2, 0) is 14.8 Å². The third-order valence-electron chi connectivity index (χ3n) is 6.30. The van der Waals surface area contributed by atoms with E-state index >= 15 is 0 Å². The topological polar surface area (TPSA) is 97.2 Å². The molecule has 1 saturated heterocycles. The molecule has 1 aliphatic heterocycles. The van der Waals surface area contributed by atoms with Crippen molar-refractivity contribution in [3.05, 3.63) is 47.0 Å². The van der Waals surface area contributed by atoms with Gasteiger partial charge in [-0.2, -0.15) is 4.31 Å². The number of nitrogens with zero attached hydrogens (tertiary/aromatic N) is 4. The van der Waals surface area contributed by atoms with E-state index < -0.39 is 10.0 Å². The van der Waals surface area contributed by atoms with E-state index in [0.29, 0.717) is 29.1 Å². The van der Waals surface area contributed by atoms with Crippen LogP contribution in [0.5, 0.6) is 0 Å². The fraction of sp³-hybridized carbons (Fsp3) is 0.435. The average Bonchev–Trinajstić information content (AvgIpc) is 3.24. The fourth-order valence-corrected chi connectivity index (χ4v) is 5.82. The van der Waals surface area contributed by atoms with Gasteiger partial charge in [0.1, 0.15) is 5.52 Å². The second kappa shape index (κ2) is 9.40. The number of carbonyl (C=O) groups excluding carboxylic acids is 1. The number of hydrogen-bond donors (Lipinski definition) is 1. The van der Waals surface area contributed by atoms with Gasteiger partial charge in [-0.05, 0) is 69.0 Å². The van der Waals surface area contributed by atoms with Gasteiger partial charge in [-0.3, -0.25) is 4.79 Å². The number of carbonyl (C=O) groups is 1. The summed E-state index contributed by atoms with van der Waals surface area (Å²) in [6.07, 6.45) is 1.79. The molecule has 0 radical (unpaired) electrons. The number of halogens is 1. The highest BCUT2D eigenvalue weighted by atomic mass is 35.5. The smallest absolute Gasteiger partial charge is 0.243 e. The van der Waals surface area contributed by atoms with Crippen molar-refractivity contribution < 1.29 is 13.2 Å². The molecule has 10 heteroatoms. The van der Waals surface area contributed by atoms with Crippen LogP contribution < -0.4 is 5.32 Å². The van der Waals surface area contributed by atoms with Gasteiger partial charge in [-0.25, -0.2) is 13.1 Å². The lowest BCUT2D eigenvalue weighted by Crippen LogP contribution is -2.41. The summed E-state index contributed by atoms with van der Waals surface area (Å²) in [5, 5.41) is 11.7. The highest BCUT2D eigenvalue weighted by Crippen LogP contribution is 2.28. The molecule has 2 aromatic carbocycles. The minimum atomic E-state index is -3.69. The standard InChI is InChI=1S/C23H28ClN5O3S/c1-4-16(3)29-22-8-6-18(14-21(22)26-27-29)33(31,32)28-11-9-17(10-12-28)23(30)25-20-7-5-15(2)13-19(20)24/h5-8,13-14,16-17H,4,9-12H2,1-3H3,(H,25,30). The molecule has 1 unspecified atom stereocenters. The minimum absolute atomic E-state index is 0.138. The Morgan fingerprint density at radius 1 is 1.21 bits per heavy atom. The number of nitrogens with one attached hydrogen (secondary N) is 1. The maximum Gasteiger partial charge on any atom is 0.243 e. The van der Waals surface area contributed by atoms with Gasteiger partial charge in [-0.15, -0.1) is 5.10 Å². The van der Waals surface area contributed by atoms with Crippen molar-refractivity contribution in [1.29, 1.82) is 0 Å². The Hall–Kier alpha value is -2.49. The molecule has 33 heavy (non-hydrogen) atoms. The first-order chi connectivity index (χ1) is 15.7. The molecule has 2 heterocycles.